The van der Waals surface area contributed by atoms with Crippen molar-refractivity contribution >= 4 is 5.82 Å². The van der Waals surface area contributed by atoms with Gasteiger partial charge in [0.2, 0.25) is 0 Å². The highest BCUT2D eigenvalue weighted by Crippen LogP contribution is 2.29. The summed E-state index contributed by atoms with van der Waals surface area (Å²) in [5.74, 6) is 1.93. The SMILES string of the molecule is Cc1ccnc(N2CCC(C)CC2C)c1CN. The number of aryl methyl sites for hydroxylation is 1. The Morgan fingerprint density at radius 3 is 2.88 bits per heavy atom. The van der Waals surface area contributed by atoms with Gasteiger partial charge in [0.05, 0.1) is 0 Å². The number of nitrogens with zero attached hydrogens (tertiary/aromatic N) is 2. The van der Waals surface area contributed by atoms with Crippen molar-refractivity contribution in [2.24, 2.45) is 11.7 Å². The molecule has 1 aliphatic heterocycles. The summed E-state index contributed by atoms with van der Waals surface area (Å²) in [6, 6.07) is 2.61. The Morgan fingerprint density at radius 1 is 1.47 bits per heavy atom. The lowest BCUT2D eigenvalue weighted by atomic mass is 9.93. The second-order valence-corrected chi connectivity index (χ2v) is 5.31. The van der Waals surface area contributed by atoms with Crippen molar-refractivity contribution in [1.82, 2.24) is 4.98 Å². The highest BCUT2D eigenvalue weighted by Gasteiger charge is 2.25. The van der Waals surface area contributed by atoms with Crippen LogP contribution in [0.1, 0.15) is 37.8 Å². The Kier molecular flexibility index (Phi) is 3.67. The molecule has 2 heterocycles. The van der Waals surface area contributed by atoms with Crippen molar-refractivity contribution in [2.45, 2.75) is 46.2 Å². The number of anilines is 1. The van der Waals surface area contributed by atoms with Gasteiger partial charge in [0.1, 0.15) is 5.82 Å². The van der Waals surface area contributed by atoms with E-state index in [1.807, 2.05) is 12.3 Å². The van der Waals surface area contributed by atoms with Crippen LogP contribution >= 0.6 is 0 Å². The molecule has 1 saturated heterocycles. The largest absolute Gasteiger partial charge is 0.354 e. The zero-order valence-corrected chi connectivity index (χ0v) is 11.1. The molecule has 3 heteroatoms. The van der Waals surface area contributed by atoms with Crippen LogP contribution in [-0.4, -0.2) is 17.6 Å². The van der Waals surface area contributed by atoms with E-state index in [1.165, 1.54) is 24.0 Å². The first kappa shape index (κ1) is 12.4. The van der Waals surface area contributed by atoms with E-state index in [-0.39, 0.29) is 0 Å². The molecule has 3 nitrogen and oxygen atoms in total. The van der Waals surface area contributed by atoms with Gasteiger partial charge >= 0.3 is 0 Å². The molecule has 1 aromatic rings. The Morgan fingerprint density at radius 2 is 2.24 bits per heavy atom. The number of pyridine rings is 1. The van der Waals surface area contributed by atoms with Gasteiger partial charge in [-0.1, -0.05) is 6.92 Å². The van der Waals surface area contributed by atoms with Crippen LogP contribution in [0, 0.1) is 12.8 Å². The van der Waals surface area contributed by atoms with Crippen molar-refractivity contribution in [2.75, 3.05) is 11.4 Å². The first-order valence-corrected chi connectivity index (χ1v) is 6.54. The maximum atomic E-state index is 5.86. The lowest BCUT2D eigenvalue weighted by molar-refractivity contribution is 0.375. The van der Waals surface area contributed by atoms with Crippen LogP contribution in [0.15, 0.2) is 12.3 Å². The Hall–Kier alpha value is -1.09. The van der Waals surface area contributed by atoms with Crippen molar-refractivity contribution < 1.29 is 0 Å². The van der Waals surface area contributed by atoms with E-state index < -0.39 is 0 Å². The van der Waals surface area contributed by atoms with E-state index >= 15 is 0 Å². The fourth-order valence-corrected chi connectivity index (χ4v) is 2.80. The molecule has 1 aromatic heterocycles. The van der Waals surface area contributed by atoms with Crippen molar-refractivity contribution in [1.29, 1.82) is 0 Å². The summed E-state index contributed by atoms with van der Waals surface area (Å²) in [6.07, 6.45) is 4.40. The molecule has 2 atom stereocenters. The van der Waals surface area contributed by atoms with Gasteiger partial charge in [0.25, 0.3) is 0 Å². The van der Waals surface area contributed by atoms with Crippen molar-refractivity contribution in [3.05, 3.63) is 23.4 Å². The number of hydrogen-bond donors (Lipinski definition) is 1. The summed E-state index contributed by atoms with van der Waals surface area (Å²) >= 11 is 0. The minimum absolute atomic E-state index is 0.568. The van der Waals surface area contributed by atoms with Crippen LogP contribution in [0.3, 0.4) is 0 Å². The van der Waals surface area contributed by atoms with Gasteiger partial charge in [-0.25, -0.2) is 4.98 Å². The van der Waals surface area contributed by atoms with E-state index in [0.29, 0.717) is 12.6 Å². The molecule has 0 bridgehead atoms. The Bertz CT molecular complexity index is 389. The average molecular weight is 233 g/mol. The molecular formula is C14H23N3. The Balaban J connectivity index is 2.30. The van der Waals surface area contributed by atoms with Gasteiger partial charge in [-0.2, -0.15) is 0 Å². The first-order chi connectivity index (χ1) is 8.13. The average Bonchev–Trinajstić information content (AvgIpc) is 2.29. The molecule has 17 heavy (non-hydrogen) atoms. The van der Waals surface area contributed by atoms with Gasteiger partial charge in [-0.05, 0) is 44.2 Å². The van der Waals surface area contributed by atoms with Crippen LogP contribution in [0.5, 0.6) is 0 Å². The lowest BCUT2D eigenvalue weighted by Crippen LogP contribution is -2.41. The van der Waals surface area contributed by atoms with Gasteiger partial charge in [-0.15, -0.1) is 0 Å². The first-order valence-electron chi connectivity index (χ1n) is 6.54. The van der Waals surface area contributed by atoms with Gasteiger partial charge in [-0.3, -0.25) is 0 Å². The molecule has 0 amide bonds. The molecule has 0 aromatic carbocycles. The molecule has 0 spiro atoms. The second kappa shape index (κ2) is 5.05. The van der Waals surface area contributed by atoms with E-state index in [4.69, 9.17) is 5.73 Å². The van der Waals surface area contributed by atoms with Crippen molar-refractivity contribution in [3.63, 3.8) is 0 Å². The maximum Gasteiger partial charge on any atom is 0.133 e. The molecule has 0 saturated carbocycles. The normalized spacial score (nSPS) is 25.1. The molecule has 0 radical (unpaired) electrons. The zero-order chi connectivity index (χ0) is 12.4. The molecule has 2 rings (SSSR count). The second-order valence-electron chi connectivity index (χ2n) is 5.31. The van der Waals surface area contributed by atoms with Crippen LogP contribution < -0.4 is 10.6 Å². The molecule has 0 aliphatic carbocycles. The molecular weight excluding hydrogens is 210 g/mol. The Labute approximate surface area is 104 Å². The third-order valence-electron chi connectivity index (χ3n) is 3.88. The summed E-state index contributed by atoms with van der Waals surface area (Å²) < 4.78 is 0. The van der Waals surface area contributed by atoms with Crippen LogP contribution in [0.2, 0.25) is 0 Å². The molecule has 1 fully saturated rings. The maximum absolute atomic E-state index is 5.86. The predicted molar refractivity (Wildman–Crippen MR) is 72.1 cm³/mol. The quantitative estimate of drug-likeness (QED) is 0.853. The summed E-state index contributed by atoms with van der Waals surface area (Å²) in [4.78, 5) is 6.98. The van der Waals surface area contributed by atoms with Gasteiger partial charge in [0, 0.05) is 30.9 Å². The smallest absolute Gasteiger partial charge is 0.133 e. The number of rotatable bonds is 2. The molecule has 1 aliphatic rings. The molecule has 94 valence electrons. The zero-order valence-electron chi connectivity index (χ0n) is 11.1. The highest BCUT2D eigenvalue weighted by atomic mass is 15.2. The van der Waals surface area contributed by atoms with Crippen LogP contribution in [0.4, 0.5) is 5.82 Å². The molecule has 2 N–H and O–H groups in total. The topological polar surface area (TPSA) is 42.2 Å². The number of hydrogen-bond acceptors (Lipinski definition) is 3. The number of piperidine rings is 1. The third kappa shape index (κ3) is 2.44. The van der Waals surface area contributed by atoms with E-state index in [2.05, 4.69) is 30.7 Å². The number of aromatic nitrogens is 1. The summed E-state index contributed by atoms with van der Waals surface area (Å²) in [6.45, 7) is 8.42. The predicted octanol–water partition coefficient (Wildman–Crippen LogP) is 2.47. The standard InChI is InChI=1S/C14H23N3/c1-10-5-7-17(12(3)8-10)14-13(9-15)11(2)4-6-16-14/h4,6,10,12H,5,7-9,15H2,1-3H3. The van der Waals surface area contributed by atoms with E-state index in [0.717, 1.165) is 18.3 Å². The highest BCUT2D eigenvalue weighted by molar-refractivity contribution is 5.51. The fraction of sp³-hybridized carbons (Fsp3) is 0.643. The van der Waals surface area contributed by atoms with Gasteiger partial charge in [0.15, 0.2) is 0 Å². The summed E-state index contributed by atoms with van der Waals surface area (Å²) in [5, 5.41) is 0. The third-order valence-corrected chi connectivity index (χ3v) is 3.88. The number of nitrogens with two attached hydrogens (primary N) is 1. The molecule has 2 unspecified atom stereocenters. The van der Waals surface area contributed by atoms with Crippen LogP contribution in [0.25, 0.3) is 0 Å². The van der Waals surface area contributed by atoms with E-state index in [9.17, 15) is 0 Å². The van der Waals surface area contributed by atoms with Crippen LogP contribution in [-0.2, 0) is 6.54 Å². The fourth-order valence-electron chi connectivity index (χ4n) is 2.80. The van der Waals surface area contributed by atoms with Crippen molar-refractivity contribution in [3.8, 4) is 0 Å². The van der Waals surface area contributed by atoms with E-state index in [1.54, 1.807) is 0 Å². The monoisotopic (exact) mass is 233 g/mol. The lowest BCUT2D eigenvalue weighted by Gasteiger charge is -2.38. The minimum Gasteiger partial charge on any atom is -0.354 e. The van der Waals surface area contributed by atoms with Gasteiger partial charge < -0.3 is 10.6 Å². The summed E-state index contributed by atoms with van der Waals surface area (Å²) in [7, 11) is 0. The minimum atomic E-state index is 0.568. The summed E-state index contributed by atoms with van der Waals surface area (Å²) in [5.41, 5.74) is 8.32.